The minimum Gasteiger partial charge on any atom is -0.382 e. The number of nitrogens with two attached hydrogens (primary N) is 2. The number of rotatable bonds is 2. The van der Waals surface area contributed by atoms with Crippen molar-refractivity contribution in [2.24, 2.45) is 0 Å². The molecule has 0 radical (unpaired) electrons. The van der Waals surface area contributed by atoms with Gasteiger partial charge in [-0.05, 0) is 0 Å². The Morgan fingerprint density at radius 1 is 0.867 bits per heavy atom. The summed E-state index contributed by atoms with van der Waals surface area (Å²) in [7, 11) is -8.43. The highest BCUT2D eigenvalue weighted by Gasteiger charge is 2.60. The van der Waals surface area contributed by atoms with Crippen molar-refractivity contribution in [1.29, 1.82) is 0 Å². The molecule has 3 fully saturated rings. The van der Waals surface area contributed by atoms with Crippen molar-refractivity contribution in [3.8, 4) is 0 Å². The van der Waals surface area contributed by atoms with E-state index in [2.05, 4.69) is 54.4 Å². The third kappa shape index (κ3) is 5.63. The molecule has 10 atom stereocenters. The molecule has 0 aliphatic carbocycles. The molecule has 7 N–H and O–H groups in total. The van der Waals surface area contributed by atoms with Gasteiger partial charge in [-0.25, -0.2) is 28.7 Å². The van der Waals surface area contributed by atoms with Gasteiger partial charge in [0.25, 0.3) is 5.56 Å². The first-order valence-electron chi connectivity index (χ1n) is 12.9. The number of nitrogens with one attached hydrogen (secondary N) is 1. The zero-order valence-electron chi connectivity index (χ0n) is 22.3. The number of alkyl halides is 2. The molecule has 3 saturated heterocycles. The second-order valence-electron chi connectivity index (χ2n) is 10.1. The molecule has 4 aromatic heterocycles. The zero-order valence-corrected chi connectivity index (χ0v) is 25.9. The Morgan fingerprint density at radius 3 is 2.22 bits per heavy atom. The van der Waals surface area contributed by atoms with E-state index in [0.717, 1.165) is 12.7 Å². The maximum atomic E-state index is 16.0. The molecule has 4 unspecified atom stereocenters. The molecule has 3 aliphatic heterocycles. The number of nitrogens with zero attached hydrogens (tertiary/aromatic N) is 7. The fourth-order valence-corrected chi connectivity index (χ4v) is 8.21. The lowest BCUT2D eigenvalue weighted by Gasteiger charge is -2.23. The Labute approximate surface area is 261 Å². The summed E-state index contributed by atoms with van der Waals surface area (Å²) in [6, 6.07) is 0. The van der Waals surface area contributed by atoms with Crippen LogP contribution in [-0.4, -0.2) is 98.8 Å². The number of anilines is 2. The predicted octanol–water partition coefficient (Wildman–Crippen LogP) is 0.611. The molecule has 2 bridgehead atoms. The molecule has 4 aromatic rings. The lowest BCUT2D eigenvalue weighted by Crippen LogP contribution is -2.34. The van der Waals surface area contributed by atoms with E-state index >= 15 is 8.78 Å². The van der Waals surface area contributed by atoms with E-state index in [1.165, 1.54) is 15.5 Å². The normalized spacial score (nSPS) is 37.7. The topological polar surface area (TPSA) is 255 Å². The number of ether oxygens (including phenoxy) is 2. The predicted molar refractivity (Wildman–Crippen MR) is 158 cm³/mol. The largest absolute Gasteiger partial charge is 0.476 e. The van der Waals surface area contributed by atoms with Crippen molar-refractivity contribution in [2.75, 3.05) is 24.7 Å². The van der Waals surface area contributed by atoms with Gasteiger partial charge < -0.3 is 20.9 Å². The lowest BCUT2D eigenvalue weighted by atomic mass is 10.1. The van der Waals surface area contributed by atoms with Crippen LogP contribution in [0.4, 0.5) is 20.5 Å². The Morgan fingerprint density at radius 2 is 1.49 bits per heavy atom. The van der Waals surface area contributed by atoms with Gasteiger partial charge >= 0.3 is 14.3 Å². The first-order chi connectivity index (χ1) is 21.3. The average molecular weight is 713 g/mol. The number of fused-ring (bicyclic) bond motifs is 5. The van der Waals surface area contributed by atoms with Gasteiger partial charge in [0.2, 0.25) is 5.95 Å². The SMILES string of the molecule is Nc1nc2c(ncn2[C@@H]2O[C@@H]3CO[P+](O)(S)O[C@@H]4C(CO[P+](O)(S)OC2[C@@H]3F)O[C@@H](n2cnc3c(N)ncnc32)[C@H]4F)c(=O)[nH]1. The molecule has 0 saturated carbocycles. The summed E-state index contributed by atoms with van der Waals surface area (Å²) in [5.41, 5.74) is 11.0. The van der Waals surface area contributed by atoms with E-state index in [1.54, 1.807) is 0 Å². The number of aromatic amines is 1. The van der Waals surface area contributed by atoms with Crippen LogP contribution >= 0.6 is 38.8 Å². The van der Waals surface area contributed by atoms with Crippen LogP contribution < -0.4 is 17.0 Å². The van der Waals surface area contributed by atoms with Gasteiger partial charge in [-0.1, -0.05) is 0 Å². The molecule has 7 heterocycles. The molecule has 7 rings (SSSR count). The van der Waals surface area contributed by atoms with E-state index in [9.17, 15) is 14.6 Å². The maximum Gasteiger partial charge on any atom is 0.476 e. The number of nitrogen functional groups attached to an aromatic ring is 2. The summed E-state index contributed by atoms with van der Waals surface area (Å²) < 4.78 is 68.2. The van der Waals surface area contributed by atoms with Crippen LogP contribution in [0.5, 0.6) is 0 Å². The van der Waals surface area contributed by atoms with Crippen LogP contribution in [0, 0.1) is 0 Å². The van der Waals surface area contributed by atoms with E-state index in [4.69, 9.17) is 39.0 Å². The molecular formula is C20H24F2N10O9P2S2+2. The monoisotopic (exact) mass is 712 g/mol. The highest BCUT2D eigenvalue weighted by Crippen LogP contribution is 2.67. The first-order valence-corrected chi connectivity index (χ1v) is 18.4. The van der Waals surface area contributed by atoms with Crippen molar-refractivity contribution in [3.05, 3.63) is 29.3 Å². The fourth-order valence-electron chi connectivity index (χ4n) is 5.25. The lowest BCUT2D eigenvalue weighted by molar-refractivity contribution is -0.0605. The Hall–Kier alpha value is -2.40. The zero-order chi connectivity index (χ0) is 31.8. The van der Waals surface area contributed by atoms with Crippen molar-refractivity contribution < 1.29 is 46.1 Å². The minimum absolute atomic E-state index is 0.0523. The van der Waals surface area contributed by atoms with Crippen LogP contribution in [-0.2, 0) is 27.6 Å². The summed E-state index contributed by atoms with van der Waals surface area (Å²) in [6.07, 6.45) is -9.37. The summed E-state index contributed by atoms with van der Waals surface area (Å²) >= 11 is 8.19. The Balaban J connectivity index is 1.20. The fraction of sp³-hybridized carbons (Fsp3) is 0.500. The van der Waals surface area contributed by atoms with Gasteiger partial charge in [-0.15, -0.1) is 0 Å². The number of hydrogen-bond acceptors (Lipinski definition) is 18. The van der Waals surface area contributed by atoms with Crippen LogP contribution in [0.25, 0.3) is 22.3 Å². The van der Waals surface area contributed by atoms with E-state index in [1.807, 2.05) is 0 Å². The average Bonchev–Trinajstić information content (AvgIpc) is 3.72. The number of halogens is 2. The number of aromatic nitrogens is 8. The number of hydrogen-bond donors (Lipinski definition) is 7. The molecule has 19 nitrogen and oxygen atoms in total. The van der Waals surface area contributed by atoms with Gasteiger partial charge in [0.1, 0.15) is 37.3 Å². The summed E-state index contributed by atoms with van der Waals surface area (Å²) in [4.78, 5) is 56.7. The van der Waals surface area contributed by atoms with Gasteiger partial charge in [-0.2, -0.15) is 32.9 Å². The second-order valence-corrected chi connectivity index (χ2v) is 16.0. The van der Waals surface area contributed by atoms with Crippen molar-refractivity contribution in [2.45, 2.75) is 49.2 Å². The second kappa shape index (κ2) is 11.4. The molecule has 25 heteroatoms. The Bertz CT molecular complexity index is 1820. The summed E-state index contributed by atoms with van der Waals surface area (Å²) in [5.74, 6) is -0.196. The summed E-state index contributed by atoms with van der Waals surface area (Å²) in [6.45, 7) is -1.29. The van der Waals surface area contributed by atoms with Crippen molar-refractivity contribution in [3.63, 3.8) is 0 Å². The third-order valence-electron chi connectivity index (χ3n) is 7.25. The molecule has 3 aliphatic rings. The standard InChI is InChI=1S/C20H23F2N10O9P2S2/c21-8-6-1-36-42(34,44)40-12-7(39-18(9(12)22)31-4-27-10-14(23)25-3-26-15(10)31)2-37-43(35,45)41-13(8)19(38-6)32-5-28-11-16(32)29-20(24)30-17(11)33/h3-9,12-13,18-19,34-35,44-45H,1-2H2,(H4-,23,24,25,26,29,30,33)/q+1/p+1/t6-,7?,8-,9+,12-,13?,18-,19-,42?,43?/m1/s1. The number of H-pyrrole nitrogens is 1. The maximum absolute atomic E-state index is 16.0. The molecule has 45 heavy (non-hydrogen) atoms. The van der Waals surface area contributed by atoms with Crippen molar-refractivity contribution in [1.82, 2.24) is 39.0 Å². The van der Waals surface area contributed by atoms with Crippen LogP contribution in [0.1, 0.15) is 12.5 Å². The molecule has 0 aromatic carbocycles. The Kier molecular flexibility index (Phi) is 7.90. The van der Waals surface area contributed by atoms with E-state index in [0.29, 0.717) is 0 Å². The number of imidazole rings is 2. The van der Waals surface area contributed by atoms with Crippen molar-refractivity contribution >= 4 is 72.9 Å². The van der Waals surface area contributed by atoms with Crippen LogP contribution in [0.3, 0.4) is 0 Å². The van der Waals surface area contributed by atoms with E-state index < -0.39 is 82.3 Å². The number of thiol groups is 2. The van der Waals surface area contributed by atoms with Gasteiger partial charge in [0, 0.05) is 0 Å². The molecule has 242 valence electrons. The van der Waals surface area contributed by atoms with Crippen LogP contribution in [0.15, 0.2) is 23.8 Å². The van der Waals surface area contributed by atoms with Gasteiger partial charge in [0.15, 0.2) is 59.6 Å². The highest BCUT2D eigenvalue weighted by atomic mass is 32.7. The summed E-state index contributed by atoms with van der Waals surface area (Å²) in [5, 5.41) is 0. The minimum atomic E-state index is -4.23. The molecule has 0 spiro atoms. The van der Waals surface area contributed by atoms with Gasteiger partial charge in [-0.3, -0.25) is 18.9 Å². The molecular weight excluding hydrogens is 688 g/mol. The smallest absolute Gasteiger partial charge is 0.382 e. The third-order valence-corrected chi connectivity index (χ3v) is 10.5. The van der Waals surface area contributed by atoms with E-state index in [-0.39, 0.29) is 34.1 Å². The van der Waals surface area contributed by atoms with Crippen LogP contribution in [0.2, 0.25) is 0 Å². The van der Waals surface area contributed by atoms with Gasteiger partial charge in [0.05, 0.1) is 37.2 Å². The quantitative estimate of drug-likeness (QED) is 0.111. The highest BCUT2D eigenvalue weighted by molar-refractivity contribution is 8.47. The first kappa shape index (κ1) is 31.2. The molecule has 0 amide bonds.